The fraction of sp³-hybridized carbons (Fsp3) is 0.172. The van der Waals surface area contributed by atoms with Gasteiger partial charge in [0, 0.05) is 46.8 Å². The SMILES string of the molecule is COc1cc2[nH]c(C(=O)N3C[C@@H](CCl)c4c3cc(OCc3ccccc3)c3[nH]c(C(=O)O)cc43)cc2cc1O. The Hall–Kier alpha value is -4.63. The van der Waals surface area contributed by atoms with E-state index in [1.54, 1.807) is 29.2 Å². The number of benzene rings is 3. The van der Waals surface area contributed by atoms with E-state index in [1.165, 1.54) is 13.2 Å². The van der Waals surface area contributed by atoms with Crippen molar-refractivity contribution in [2.45, 2.75) is 12.5 Å². The Morgan fingerprint density at radius 1 is 1.05 bits per heavy atom. The number of halogens is 1. The van der Waals surface area contributed by atoms with Gasteiger partial charge in [-0.3, -0.25) is 4.79 Å². The van der Waals surface area contributed by atoms with E-state index in [-0.39, 0.29) is 35.8 Å². The van der Waals surface area contributed by atoms with Crippen molar-refractivity contribution in [3.63, 3.8) is 0 Å². The second-order valence-corrected chi connectivity index (χ2v) is 9.73. The Labute approximate surface area is 227 Å². The molecule has 9 nitrogen and oxygen atoms in total. The van der Waals surface area contributed by atoms with Gasteiger partial charge in [0.25, 0.3) is 5.91 Å². The molecule has 6 rings (SSSR count). The van der Waals surface area contributed by atoms with Gasteiger partial charge in [-0.15, -0.1) is 11.6 Å². The number of nitrogens with zero attached hydrogens (tertiary/aromatic N) is 1. The molecule has 0 aliphatic carbocycles. The summed E-state index contributed by atoms with van der Waals surface area (Å²) in [4.78, 5) is 33.4. The van der Waals surface area contributed by atoms with Crippen molar-refractivity contribution in [2.75, 3.05) is 24.4 Å². The van der Waals surface area contributed by atoms with Crippen LogP contribution in [0.1, 0.15) is 38.0 Å². The second kappa shape index (κ2) is 9.59. The zero-order valence-electron chi connectivity index (χ0n) is 20.8. The number of aromatic amines is 2. The molecular weight excluding hydrogens is 522 g/mol. The van der Waals surface area contributed by atoms with Gasteiger partial charge in [0.2, 0.25) is 0 Å². The smallest absolute Gasteiger partial charge is 0.352 e. The fourth-order valence-corrected chi connectivity index (χ4v) is 5.44. The molecule has 1 atom stereocenters. The molecule has 39 heavy (non-hydrogen) atoms. The number of aromatic carboxylic acids is 1. The zero-order chi connectivity index (χ0) is 27.3. The summed E-state index contributed by atoms with van der Waals surface area (Å²) in [6.45, 7) is 0.572. The van der Waals surface area contributed by atoms with Crippen molar-refractivity contribution in [3.05, 3.63) is 83.2 Å². The maximum atomic E-state index is 13.8. The van der Waals surface area contributed by atoms with Crippen LogP contribution in [0.3, 0.4) is 0 Å². The summed E-state index contributed by atoms with van der Waals surface area (Å²) in [6, 6.07) is 17.8. The number of carbonyl (C=O) groups excluding carboxylic acids is 1. The molecule has 198 valence electrons. The summed E-state index contributed by atoms with van der Waals surface area (Å²) in [6.07, 6.45) is 0. The third-order valence-electron chi connectivity index (χ3n) is 7.05. The lowest BCUT2D eigenvalue weighted by molar-refractivity contribution is 0.0691. The first-order chi connectivity index (χ1) is 18.9. The van der Waals surface area contributed by atoms with E-state index in [0.29, 0.717) is 51.2 Å². The first kappa shape index (κ1) is 24.7. The number of aromatic hydroxyl groups is 1. The van der Waals surface area contributed by atoms with Crippen LogP contribution in [-0.2, 0) is 6.61 Å². The molecule has 0 unspecified atom stereocenters. The maximum absolute atomic E-state index is 13.8. The van der Waals surface area contributed by atoms with E-state index in [0.717, 1.165) is 11.1 Å². The third kappa shape index (κ3) is 4.21. The number of amides is 1. The standard InChI is InChI=1S/C29H24ClN3O6/c1-38-24-10-19-16(8-23(24)34)7-20(31-19)28(35)33-13-17(12-30)26-18-9-21(29(36)37)32-27(18)25(11-22(26)33)39-14-15-5-3-2-4-6-15/h2-11,17,31-32,34H,12-14H2,1H3,(H,36,37)/t17-/m1/s1. The lowest BCUT2D eigenvalue weighted by Gasteiger charge is -2.18. The quantitative estimate of drug-likeness (QED) is 0.196. The first-order valence-corrected chi connectivity index (χ1v) is 12.8. The Balaban J connectivity index is 1.45. The normalized spacial score (nSPS) is 14.6. The van der Waals surface area contributed by atoms with Crippen molar-refractivity contribution in [1.82, 2.24) is 9.97 Å². The van der Waals surface area contributed by atoms with Gasteiger partial charge < -0.3 is 34.6 Å². The maximum Gasteiger partial charge on any atom is 0.352 e. The molecule has 4 N–H and O–H groups in total. The van der Waals surface area contributed by atoms with E-state index in [4.69, 9.17) is 21.1 Å². The molecule has 2 aromatic heterocycles. The minimum absolute atomic E-state index is 0.0189. The molecule has 0 saturated carbocycles. The Morgan fingerprint density at radius 3 is 2.56 bits per heavy atom. The van der Waals surface area contributed by atoms with Crippen LogP contribution in [-0.4, -0.2) is 51.6 Å². The lowest BCUT2D eigenvalue weighted by Crippen LogP contribution is -2.30. The van der Waals surface area contributed by atoms with E-state index < -0.39 is 5.97 Å². The second-order valence-electron chi connectivity index (χ2n) is 9.42. The first-order valence-electron chi connectivity index (χ1n) is 12.2. The predicted molar refractivity (Wildman–Crippen MR) is 148 cm³/mol. The highest BCUT2D eigenvalue weighted by molar-refractivity contribution is 6.19. The van der Waals surface area contributed by atoms with Gasteiger partial charge in [0.05, 0.1) is 18.3 Å². The Kier molecular flexibility index (Phi) is 6.07. The number of hydrogen-bond donors (Lipinski definition) is 4. The van der Waals surface area contributed by atoms with Gasteiger partial charge in [0.1, 0.15) is 23.7 Å². The number of methoxy groups -OCH3 is 1. The highest BCUT2D eigenvalue weighted by Crippen LogP contribution is 2.46. The average Bonchev–Trinajstić information content (AvgIpc) is 3.66. The fourth-order valence-electron chi connectivity index (χ4n) is 5.19. The number of ether oxygens (including phenoxy) is 2. The highest BCUT2D eigenvalue weighted by Gasteiger charge is 2.36. The minimum Gasteiger partial charge on any atom is -0.504 e. The van der Waals surface area contributed by atoms with Crippen LogP contribution in [0.5, 0.6) is 17.2 Å². The van der Waals surface area contributed by atoms with E-state index in [9.17, 15) is 19.8 Å². The lowest BCUT2D eigenvalue weighted by atomic mass is 9.98. The number of H-pyrrole nitrogens is 2. The number of hydrogen-bond acceptors (Lipinski definition) is 5. The van der Waals surface area contributed by atoms with Crippen LogP contribution < -0.4 is 14.4 Å². The number of anilines is 1. The van der Waals surface area contributed by atoms with Crippen molar-refractivity contribution < 1.29 is 29.3 Å². The monoisotopic (exact) mass is 545 g/mol. The topological polar surface area (TPSA) is 128 Å². The summed E-state index contributed by atoms with van der Waals surface area (Å²) in [5.41, 5.74) is 3.87. The number of carboxylic acid groups (broad SMARTS) is 1. The molecule has 3 heterocycles. The molecule has 1 amide bonds. The van der Waals surface area contributed by atoms with Crippen LogP contribution in [0.15, 0.2) is 60.7 Å². The van der Waals surface area contributed by atoms with Crippen molar-refractivity contribution in [2.24, 2.45) is 0 Å². The van der Waals surface area contributed by atoms with Crippen LogP contribution >= 0.6 is 11.6 Å². The van der Waals surface area contributed by atoms with Crippen LogP contribution in [0.4, 0.5) is 5.69 Å². The number of rotatable bonds is 7. The van der Waals surface area contributed by atoms with Gasteiger partial charge in [-0.2, -0.15) is 0 Å². The van der Waals surface area contributed by atoms with Crippen LogP contribution in [0.2, 0.25) is 0 Å². The minimum atomic E-state index is -1.10. The van der Waals surface area contributed by atoms with Gasteiger partial charge >= 0.3 is 5.97 Å². The predicted octanol–water partition coefficient (Wildman–Crippen LogP) is 5.62. The summed E-state index contributed by atoms with van der Waals surface area (Å²) in [5.74, 6) is -0.675. The Bertz CT molecular complexity index is 1740. The number of carboxylic acids is 1. The molecule has 0 saturated heterocycles. The van der Waals surface area contributed by atoms with Gasteiger partial charge in [0.15, 0.2) is 11.5 Å². The number of carbonyl (C=O) groups is 2. The number of phenolic OH excluding ortho intramolecular Hbond substituents is 1. The molecule has 0 bridgehead atoms. The molecule has 5 aromatic rings. The molecule has 3 aromatic carbocycles. The Morgan fingerprint density at radius 2 is 1.85 bits per heavy atom. The summed E-state index contributed by atoms with van der Waals surface area (Å²) in [7, 11) is 1.46. The summed E-state index contributed by atoms with van der Waals surface area (Å²) >= 11 is 6.37. The number of nitrogens with one attached hydrogen (secondary N) is 2. The number of alkyl halides is 1. The largest absolute Gasteiger partial charge is 0.504 e. The zero-order valence-corrected chi connectivity index (χ0v) is 21.6. The number of fused-ring (bicyclic) bond motifs is 4. The van der Waals surface area contributed by atoms with Crippen molar-refractivity contribution in [3.8, 4) is 17.2 Å². The third-order valence-corrected chi connectivity index (χ3v) is 7.42. The van der Waals surface area contributed by atoms with Gasteiger partial charge in [-0.1, -0.05) is 30.3 Å². The van der Waals surface area contributed by atoms with Gasteiger partial charge in [-0.05, 0) is 29.3 Å². The van der Waals surface area contributed by atoms with Crippen molar-refractivity contribution >= 4 is 51.0 Å². The van der Waals surface area contributed by atoms with Gasteiger partial charge in [-0.25, -0.2) is 4.79 Å². The summed E-state index contributed by atoms with van der Waals surface area (Å²) in [5, 5.41) is 21.1. The molecule has 0 fully saturated rings. The van der Waals surface area contributed by atoms with Crippen LogP contribution in [0.25, 0.3) is 21.8 Å². The molecule has 0 radical (unpaired) electrons. The molecular formula is C29H24ClN3O6. The van der Waals surface area contributed by atoms with E-state index in [2.05, 4.69) is 9.97 Å². The highest BCUT2D eigenvalue weighted by atomic mass is 35.5. The number of phenols is 1. The average molecular weight is 546 g/mol. The van der Waals surface area contributed by atoms with Crippen LogP contribution in [0, 0.1) is 0 Å². The van der Waals surface area contributed by atoms with Crippen molar-refractivity contribution in [1.29, 1.82) is 0 Å². The molecule has 10 heteroatoms. The summed E-state index contributed by atoms with van der Waals surface area (Å²) < 4.78 is 11.4. The molecule has 0 spiro atoms. The molecule has 1 aliphatic rings. The van der Waals surface area contributed by atoms with E-state index in [1.807, 2.05) is 30.3 Å². The molecule has 1 aliphatic heterocycles. The van der Waals surface area contributed by atoms with E-state index >= 15 is 0 Å². The number of aromatic nitrogens is 2.